The second kappa shape index (κ2) is 6.99. The van der Waals surface area contributed by atoms with Crippen LogP contribution >= 0.6 is 0 Å². The molecule has 2 aromatic carbocycles. The predicted octanol–water partition coefficient (Wildman–Crippen LogP) is 3.00. The first-order valence-electron chi connectivity index (χ1n) is 9.70. The lowest BCUT2D eigenvalue weighted by atomic mass is 9.95. The summed E-state index contributed by atoms with van der Waals surface area (Å²) < 4.78 is 13.2. The lowest BCUT2D eigenvalue weighted by Crippen LogP contribution is -2.70. The number of nitrogens with one attached hydrogen (secondary N) is 1. The largest absolute Gasteiger partial charge is 0.346 e. The summed E-state index contributed by atoms with van der Waals surface area (Å²) in [5, 5.41) is 2.93. The molecule has 1 N–H and O–H groups in total. The van der Waals surface area contributed by atoms with Crippen molar-refractivity contribution in [3.8, 4) is 0 Å². The molecule has 2 atom stereocenters. The quantitative estimate of drug-likeness (QED) is 0.865. The van der Waals surface area contributed by atoms with E-state index < -0.39 is 17.6 Å². The highest BCUT2D eigenvalue weighted by atomic mass is 19.1. The molecule has 0 radical (unpaired) electrons. The number of rotatable bonds is 4. The average molecular weight is 395 g/mol. The fourth-order valence-electron chi connectivity index (χ4n) is 4.35. The van der Waals surface area contributed by atoms with Crippen molar-refractivity contribution in [2.75, 3.05) is 11.4 Å². The summed E-state index contributed by atoms with van der Waals surface area (Å²) in [6, 6.07) is 12.3. The van der Waals surface area contributed by atoms with Gasteiger partial charge in [-0.15, -0.1) is 0 Å². The van der Waals surface area contributed by atoms with Gasteiger partial charge in [-0.25, -0.2) is 4.39 Å². The molecule has 7 heteroatoms. The van der Waals surface area contributed by atoms with Crippen molar-refractivity contribution >= 4 is 23.4 Å². The Kier molecular flexibility index (Phi) is 4.61. The van der Waals surface area contributed by atoms with E-state index >= 15 is 0 Å². The van der Waals surface area contributed by atoms with Gasteiger partial charge in [-0.3, -0.25) is 19.3 Å². The van der Waals surface area contributed by atoms with E-state index in [-0.39, 0.29) is 37.0 Å². The van der Waals surface area contributed by atoms with E-state index in [1.807, 2.05) is 0 Å². The predicted molar refractivity (Wildman–Crippen MR) is 106 cm³/mol. The fraction of sp³-hybridized carbons (Fsp3) is 0.318. The van der Waals surface area contributed by atoms with Crippen molar-refractivity contribution in [1.82, 2.24) is 10.2 Å². The maximum atomic E-state index is 13.5. The van der Waals surface area contributed by atoms with Crippen molar-refractivity contribution in [2.45, 2.75) is 38.4 Å². The number of carbonyl (C=O) groups is 3. The Balaban J connectivity index is 1.75. The molecule has 0 aliphatic carbocycles. The molecule has 0 bridgehead atoms. The zero-order valence-corrected chi connectivity index (χ0v) is 16.3. The number of hydrogen-bond donors (Lipinski definition) is 1. The highest BCUT2D eigenvalue weighted by molar-refractivity contribution is 6.16. The zero-order chi connectivity index (χ0) is 20.8. The first-order chi connectivity index (χ1) is 13.9. The van der Waals surface area contributed by atoms with Crippen molar-refractivity contribution < 1.29 is 18.8 Å². The van der Waals surface area contributed by atoms with Gasteiger partial charge in [-0.2, -0.15) is 0 Å². The Morgan fingerprint density at radius 1 is 1.17 bits per heavy atom. The maximum absolute atomic E-state index is 13.5. The Labute approximate surface area is 168 Å². The van der Waals surface area contributed by atoms with Gasteiger partial charge in [0.1, 0.15) is 5.82 Å². The van der Waals surface area contributed by atoms with Gasteiger partial charge in [0.15, 0.2) is 0 Å². The van der Waals surface area contributed by atoms with E-state index in [9.17, 15) is 18.8 Å². The third kappa shape index (κ3) is 2.80. The van der Waals surface area contributed by atoms with Gasteiger partial charge >= 0.3 is 0 Å². The number of carbonyl (C=O) groups excluding carboxylic acids is 3. The number of fused-ring (bicyclic) bond motifs is 3. The molecule has 2 aliphatic rings. The summed E-state index contributed by atoms with van der Waals surface area (Å²) in [7, 11) is 0. The minimum Gasteiger partial charge on any atom is -0.346 e. The summed E-state index contributed by atoms with van der Waals surface area (Å²) in [6.45, 7) is 3.87. The molecular formula is C22H22FN3O3. The molecule has 0 unspecified atom stereocenters. The van der Waals surface area contributed by atoms with Gasteiger partial charge < -0.3 is 10.2 Å². The normalized spacial score (nSPS) is 21.6. The molecule has 1 saturated heterocycles. The van der Waals surface area contributed by atoms with Crippen LogP contribution in [0.3, 0.4) is 0 Å². The molecule has 2 aromatic rings. The van der Waals surface area contributed by atoms with Crippen molar-refractivity contribution in [1.29, 1.82) is 0 Å². The molecule has 2 heterocycles. The first kappa shape index (κ1) is 19.1. The van der Waals surface area contributed by atoms with E-state index in [1.54, 1.807) is 50.2 Å². The van der Waals surface area contributed by atoms with Crippen molar-refractivity contribution in [3.63, 3.8) is 0 Å². The Morgan fingerprint density at radius 3 is 2.55 bits per heavy atom. The second-order valence-electron chi connectivity index (χ2n) is 7.36. The van der Waals surface area contributed by atoms with Crippen LogP contribution in [0.2, 0.25) is 0 Å². The molecule has 0 saturated carbocycles. The standard InChI is InChI=1S/C22H22FN3O3/c1-3-25-20(28)17-6-4-5-7-18(17)26-19(27)12-13-22(25,26)21(29)24-14(2)15-8-10-16(23)11-9-15/h4-11,14H,3,12-13H2,1-2H3,(H,24,29)/t14-,22-/m1/s1. The molecule has 2 aliphatic heterocycles. The van der Waals surface area contributed by atoms with Crippen LogP contribution in [0.25, 0.3) is 0 Å². The minimum absolute atomic E-state index is 0.177. The topological polar surface area (TPSA) is 69.7 Å². The summed E-state index contributed by atoms with van der Waals surface area (Å²) >= 11 is 0. The molecule has 6 nitrogen and oxygen atoms in total. The Morgan fingerprint density at radius 2 is 1.86 bits per heavy atom. The molecule has 0 aromatic heterocycles. The number of hydrogen-bond acceptors (Lipinski definition) is 3. The van der Waals surface area contributed by atoms with Crippen LogP contribution in [0.1, 0.15) is 48.7 Å². The molecule has 4 rings (SSSR count). The van der Waals surface area contributed by atoms with Crippen LogP contribution in [-0.4, -0.2) is 34.8 Å². The third-order valence-corrected chi connectivity index (χ3v) is 5.77. The van der Waals surface area contributed by atoms with Crippen molar-refractivity contribution in [3.05, 3.63) is 65.5 Å². The first-order valence-corrected chi connectivity index (χ1v) is 9.70. The van der Waals surface area contributed by atoms with Crippen LogP contribution < -0.4 is 10.2 Å². The van der Waals surface area contributed by atoms with Crippen LogP contribution in [0, 0.1) is 5.82 Å². The van der Waals surface area contributed by atoms with Crippen LogP contribution in [0.5, 0.6) is 0 Å². The highest BCUT2D eigenvalue weighted by Gasteiger charge is 2.60. The van der Waals surface area contributed by atoms with Crippen LogP contribution in [0.15, 0.2) is 48.5 Å². The SMILES string of the molecule is CCN1C(=O)c2ccccc2N2C(=O)CC[C@@]12C(=O)N[C@H](C)c1ccc(F)cc1. The molecule has 3 amide bonds. The Hall–Kier alpha value is -3.22. The number of halogens is 1. The molecule has 150 valence electrons. The van der Waals surface area contributed by atoms with Crippen LogP contribution in [-0.2, 0) is 9.59 Å². The smallest absolute Gasteiger partial charge is 0.267 e. The van der Waals surface area contributed by atoms with E-state index in [0.29, 0.717) is 11.3 Å². The summed E-state index contributed by atoms with van der Waals surface area (Å²) in [5.41, 5.74) is 0.220. The summed E-state index contributed by atoms with van der Waals surface area (Å²) in [5.74, 6) is -1.22. The number of likely N-dealkylation sites (N-methyl/N-ethyl adjacent to an activating group) is 1. The van der Waals surface area contributed by atoms with Crippen molar-refractivity contribution in [2.24, 2.45) is 0 Å². The maximum Gasteiger partial charge on any atom is 0.267 e. The second-order valence-corrected chi connectivity index (χ2v) is 7.36. The Bertz CT molecular complexity index is 991. The summed E-state index contributed by atoms with van der Waals surface area (Å²) in [4.78, 5) is 42.5. The van der Waals surface area contributed by atoms with E-state index in [4.69, 9.17) is 0 Å². The van der Waals surface area contributed by atoms with Crippen LogP contribution in [0.4, 0.5) is 10.1 Å². The molecular weight excluding hydrogens is 373 g/mol. The number of para-hydroxylation sites is 1. The number of amides is 3. The lowest BCUT2D eigenvalue weighted by molar-refractivity contribution is -0.134. The fourth-order valence-corrected chi connectivity index (χ4v) is 4.35. The van der Waals surface area contributed by atoms with E-state index in [0.717, 1.165) is 5.56 Å². The average Bonchev–Trinajstić information content (AvgIpc) is 3.07. The van der Waals surface area contributed by atoms with E-state index in [1.165, 1.54) is 21.9 Å². The number of anilines is 1. The van der Waals surface area contributed by atoms with E-state index in [2.05, 4.69) is 5.32 Å². The van der Waals surface area contributed by atoms with Gasteiger partial charge in [-0.05, 0) is 43.7 Å². The zero-order valence-electron chi connectivity index (χ0n) is 16.3. The summed E-state index contributed by atoms with van der Waals surface area (Å²) in [6.07, 6.45) is 0.401. The highest BCUT2D eigenvalue weighted by Crippen LogP contribution is 2.44. The van der Waals surface area contributed by atoms with Gasteiger partial charge in [0, 0.05) is 19.4 Å². The molecule has 0 spiro atoms. The molecule has 1 fully saturated rings. The number of nitrogens with zero attached hydrogens (tertiary/aromatic N) is 2. The van der Waals surface area contributed by atoms with Gasteiger partial charge in [0.25, 0.3) is 11.8 Å². The third-order valence-electron chi connectivity index (χ3n) is 5.77. The monoisotopic (exact) mass is 395 g/mol. The van der Waals surface area contributed by atoms with Gasteiger partial charge in [0.2, 0.25) is 11.6 Å². The van der Waals surface area contributed by atoms with Gasteiger partial charge in [0.05, 0.1) is 17.3 Å². The minimum atomic E-state index is -1.40. The van der Waals surface area contributed by atoms with Gasteiger partial charge in [-0.1, -0.05) is 24.3 Å². The molecule has 29 heavy (non-hydrogen) atoms. The number of benzene rings is 2. The lowest BCUT2D eigenvalue weighted by Gasteiger charge is -2.49.